The fourth-order valence-electron chi connectivity index (χ4n) is 4.18. The van der Waals surface area contributed by atoms with E-state index in [1.54, 1.807) is 4.68 Å². The third-order valence-corrected chi connectivity index (χ3v) is 6.10. The first-order valence-corrected chi connectivity index (χ1v) is 11.0. The topological polar surface area (TPSA) is 136 Å². The molecule has 0 saturated carbocycles. The summed E-state index contributed by atoms with van der Waals surface area (Å²) in [5.74, 6) is -0.274. The van der Waals surface area contributed by atoms with Crippen molar-refractivity contribution in [2.24, 2.45) is 0 Å². The van der Waals surface area contributed by atoms with Crippen molar-refractivity contribution < 1.29 is 52.5 Å². The number of aliphatic hydroxyl groups excluding tert-OH is 4. The maximum Gasteiger partial charge on any atom is 0.573 e. The van der Waals surface area contributed by atoms with Gasteiger partial charge >= 0.3 is 6.36 Å². The van der Waals surface area contributed by atoms with E-state index < -0.39 is 43.7 Å². The van der Waals surface area contributed by atoms with Crippen LogP contribution in [0.1, 0.15) is 29.3 Å². The minimum Gasteiger partial charge on any atom is -0.443 e. The maximum absolute atomic E-state index is 12.5. The quantitative estimate of drug-likeness (QED) is 0.432. The highest BCUT2D eigenvalue weighted by Crippen LogP contribution is 2.33. The van der Waals surface area contributed by atoms with E-state index in [2.05, 4.69) is 9.84 Å². The normalized spacial score (nSPS) is 29.4. The lowest BCUT2D eigenvalue weighted by molar-refractivity contribution is -0.278. The Morgan fingerprint density at radius 2 is 1.83 bits per heavy atom. The smallest absolute Gasteiger partial charge is 0.443 e. The molecule has 1 aromatic carbocycles. The molecule has 2 aliphatic heterocycles. The first-order chi connectivity index (χ1) is 16.6. The molecule has 4 N–H and O–H groups in total. The summed E-state index contributed by atoms with van der Waals surface area (Å²) in [4.78, 5) is 0. The molecule has 0 bridgehead atoms. The number of aromatic nitrogens is 2. The van der Waals surface area contributed by atoms with E-state index in [1.807, 2.05) is 6.92 Å². The summed E-state index contributed by atoms with van der Waals surface area (Å²) in [5, 5.41) is 44.4. The van der Waals surface area contributed by atoms with E-state index in [4.69, 9.17) is 14.2 Å². The number of rotatable bonds is 7. The van der Waals surface area contributed by atoms with Crippen molar-refractivity contribution in [2.75, 3.05) is 19.8 Å². The van der Waals surface area contributed by atoms with Gasteiger partial charge in [0.1, 0.15) is 30.2 Å². The largest absolute Gasteiger partial charge is 0.573 e. The van der Waals surface area contributed by atoms with Crippen LogP contribution in [0.25, 0.3) is 0 Å². The first kappa shape index (κ1) is 25.7. The van der Waals surface area contributed by atoms with Gasteiger partial charge in [0.15, 0.2) is 0 Å². The Labute approximate surface area is 198 Å². The van der Waals surface area contributed by atoms with Crippen molar-refractivity contribution >= 4 is 0 Å². The molecule has 4 rings (SSSR count). The van der Waals surface area contributed by atoms with Gasteiger partial charge in [0, 0.05) is 24.3 Å². The third kappa shape index (κ3) is 5.71. The molecule has 1 unspecified atom stereocenters. The number of ether oxygens (including phenoxy) is 4. The van der Waals surface area contributed by atoms with Crippen molar-refractivity contribution in [1.29, 1.82) is 0 Å². The van der Waals surface area contributed by atoms with Crippen LogP contribution < -0.4 is 9.47 Å². The summed E-state index contributed by atoms with van der Waals surface area (Å²) in [6.07, 6.45) is -11.2. The molecule has 3 heterocycles. The lowest BCUT2D eigenvalue weighted by Gasteiger charge is -2.39. The van der Waals surface area contributed by atoms with Gasteiger partial charge in [-0.3, -0.25) is 4.68 Å². The predicted molar refractivity (Wildman–Crippen MR) is 112 cm³/mol. The number of nitrogens with zero attached hydrogens (tertiary/aromatic N) is 2. The second kappa shape index (κ2) is 10.3. The Hall–Kier alpha value is -2.42. The molecule has 2 saturated heterocycles. The Kier molecular flexibility index (Phi) is 7.54. The number of hydrogen-bond acceptors (Lipinski definition) is 9. The molecule has 6 atom stereocenters. The highest BCUT2D eigenvalue weighted by molar-refractivity contribution is 5.38. The lowest BCUT2D eigenvalue weighted by Crippen LogP contribution is -2.60. The number of benzene rings is 1. The number of aliphatic hydroxyl groups is 4. The Bertz CT molecular complexity index is 992. The van der Waals surface area contributed by atoms with Crippen LogP contribution in [-0.2, 0) is 15.9 Å². The second-order valence-corrected chi connectivity index (χ2v) is 8.51. The standard InChI is InChI=1S/C22H27F3N2O8/c1-11-15(8-12-2-4-14(5-3-12)35-22(23,24)25)20(26-27(11)13-6-7-32-10-13)34-21-19(31)18(30)17(29)16(9-28)33-21/h2-5,13,16-19,21,28-31H,6-10H2,1H3/t13?,16-,17-,18+,19-,21+/m1/s1. The summed E-state index contributed by atoms with van der Waals surface area (Å²) in [6.45, 7) is 2.19. The van der Waals surface area contributed by atoms with Gasteiger partial charge in [-0.2, -0.15) is 0 Å². The zero-order valence-electron chi connectivity index (χ0n) is 18.8. The Morgan fingerprint density at radius 3 is 2.43 bits per heavy atom. The minimum atomic E-state index is -4.80. The van der Waals surface area contributed by atoms with E-state index in [0.29, 0.717) is 30.8 Å². The number of alkyl halides is 3. The van der Waals surface area contributed by atoms with Crippen LogP contribution in [0, 0.1) is 6.92 Å². The zero-order chi connectivity index (χ0) is 25.3. The molecule has 35 heavy (non-hydrogen) atoms. The zero-order valence-corrected chi connectivity index (χ0v) is 18.8. The van der Waals surface area contributed by atoms with E-state index in [-0.39, 0.29) is 24.1 Å². The molecule has 0 spiro atoms. The molecule has 0 aliphatic carbocycles. The molecule has 10 nitrogen and oxygen atoms in total. The average molecular weight is 504 g/mol. The summed E-state index contributed by atoms with van der Waals surface area (Å²) < 4.78 is 59.8. The number of halogens is 3. The maximum atomic E-state index is 12.5. The average Bonchev–Trinajstić information content (AvgIpc) is 3.44. The molecule has 194 valence electrons. The fourth-order valence-corrected chi connectivity index (χ4v) is 4.18. The Morgan fingerprint density at radius 1 is 1.11 bits per heavy atom. The highest BCUT2D eigenvalue weighted by Gasteiger charge is 2.45. The molecule has 13 heteroatoms. The van der Waals surface area contributed by atoms with Crippen LogP contribution in [0.3, 0.4) is 0 Å². The van der Waals surface area contributed by atoms with Gasteiger partial charge in [-0.25, -0.2) is 0 Å². The predicted octanol–water partition coefficient (Wildman–Crippen LogP) is 0.821. The summed E-state index contributed by atoms with van der Waals surface area (Å²) in [6, 6.07) is 5.29. The van der Waals surface area contributed by atoms with Crippen molar-refractivity contribution in [3.63, 3.8) is 0 Å². The summed E-state index contributed by atoms with van der Waals surface area (Å²) in [5.41, 5.74) is 1.94. The van der Waals surface area contributed by atoms with Crippen LogP contribution >= 0.6 is 0 Å². The summed E-state index contributed by atoms with van der Waals surface area (Å²) >= 11 is 0. The van der Waals surface area contributed by atoms with Gasteiger partial charge in [0.2, 0.25) is 12.2 Å². The molecule has 1 aromatic heterocycles. The second-order valence-electron chi connectivity index (χ2n) is 8.51. The highest BCUT2D eigenvalue weighted by atomic mass is 19.4. The van der Waals surface area contributed by atoms with Gasteiger partial charge in [0.25, 0.3) is 0 Å². The van der Waals surface area contributed by atoms with Crippen molar-refractivity contribution in [3.05, 3.63) is 41.1 Å². The Balaban J connectivity index is 1.61. The molecule has 2 fully saturated rings. The van der Waals surface area contributed by atoms with Gasteiger partial charge in [-0.05, 0) is 31.0 Å². The van der Waals surface area contributed by atoms with E-state index >= 15 is 0 Å². The van der Waals surface area contributed by atoms with Gasteiger partial charge in [-0.1, -0.05) is 12.1 Å². The first-order valence-electron chi connectivity index (χ1n) is 11.0. The summed E-state index contributed by atoms with van der Waals surface area (Å²) in [7, 11) is 0. The monoisotopic (exact) mass is 504 g/mol. The van der Waals surface area contributed by atoms with Crippen LogP contribution in [0.15, 0.2) is 24.3 Å². The molecule has 0 radical (unpaired) electrons. The van der Waals surface area contributed by atoms with E-state index in [0.717, 1.165) is 5.69 Å². The van der Waals surface area contributed by atoms with Crippen molar-refractivity contribution in [3.8, 4) is 11.6 Å². The van der Waals surface area contributed by atoms with E-state index in [9.17, 15) is 33.6 Å². The van der Waals surface area contributed by atoms with Crippen LogP contribution in [-0.4, -0.2) is 87.1 Å². The van der Waals surface area contributed by atoms with Crippen LogP contribution in [0.4, 0.5) is 13.2 Å². The molecular formula is C22H27F3N2O8. The molecular weight excluding hydrogens is 477 g/mol. The van der Waals surface area contributed by atoms with Gasteiger partial charge in [-0.15, -0.1) is 18.3 Å². The lowest BCUT2D eigenvalue weighted by atomic mass is 9.99. The van der Waals surface area contributed by atoms with Crippen molar-refractivity contribution in [2.45, 2.75) is 62.9 Å². The van der Waals surface area contributed by atoms with Gasteiger partial charge in [0.05, 0.1) is 19.3 Å². The fraction of sp³-hybridized carbons (Fsp3) is 0.591. The van der Waals surface area contributed by atoms with Crippen LogP contribution in [0.2, 0.25) is 0 Å². The third-order valence-electron chi connectivity index (χ3n) is 6.10. The van der Waals surface area contributed by atoms with Crippen LogP contribution in [0.5, 0.6) is 11.6 Å². The molecule has 2 aliphatic rings. The molecule has 2 aromatic rings. The minimum absolute atomic E-state index is 0.0662. The van der Waals surface area contributed by atoms with Crippen molar-refractivity contribution in [1.82, 2.24) is 9.78 Å². The SMILES string of the molecule is Cc1c(Cc2ccc(OC(F)(F)F)cc2)c(O[C@@H]2O[C@H](CO)[C@@H](O)[C@H](O)[C@H]2O)nn1C1CCOC1. The van der Waals surface area contributed by atoms with E-state index in [1.165, 1.54) is 24.3 Å². The van der Waals surface area contributed by atoms with Gasteiger partial charge < -0.3 is 39.4 Å². The molecule has 0 amide bonds. The number of hydrogen-bond donors (Lipinski definition) is 4.